The van der Waals surface area contributed by atoms with E-state index in [0.29, 0.717) is 16.7 Å². The van der Waals surface area contributed by atoms with Crippen LogP contribution in [0.5, 0.6) is 0 Å². The van der Waals surface area contributed by atoms with Crippen LogP contribution in [0, 0.1) is 12.8 Å². The van der Waals surface area contributed by atoms with Crippen molar-refractivity contribution in [3.8, 4) is 0 Å². The first kappa shape index (κ1) is 12.4. The van der Waals surface area contributed by atoms with Crippen molar-refractivity contribution in [3.05, 3.63) is 17.0 Å². The van der Waals surface area contributed by atoms with E-state index in [2.05, 4.69) is 4.72 Å². The minimum atomic E-state index is -3.36. The van der Waals surface area contributed by atoms with Gasteiger partial charge < -0.3 is 0 Å². The average Bonchev–Trinajstić information content (AvgIpc) is 2.98. The zero-order valence-corrected chi connectivity index (χ0v) is 11.3. The highest BCUT2D eigenvalue weighted by Crippen LogP contribution is 2.35. The molecule has 1 atom stereocenters. The second-order valence-corrected chi connectivity index (χ2v) is 7.91. The van der Waals surface area contributed by atoms with E-state index in [0.717, 1.165) is 17.7 Å². The molecule has 2 rings (SSSR count). The third kappa shape index (κ3) is 2.97. The largest absolute Gasteiger partial charge is 0.250 e. The van der Waals surface area contributed by atoms with Crippen molar-refractivity contribution in [2.45, 2.75) is 29.4 Å². The standard InChI is InChI=1S/C10H14ClNO2S2/c1-7-2-5-10(15-7)16(13,14)12-6-9(11)8-3-4-8/h2,5,8-9,12H,3-4,6H2,1H3. The molecule has 1 fully saturated rings. The molecule has 90 valence electrons. The fourth-order valence-corrected chi connectivity index (χ4v) is 4.25. The predicted octanol–water partition coefficient (Wildman–Crippen LogP) is 2.35. The van der Waals surface area contributed by atoms with Crippen molar-refractivity contribution in [2.75, 3.05) is 6.54 Å². The summed E-state index contributed by atoms with van der Waals surface area (Å²) in [4.78, 5) is 0.991. The van der Waals surface area contributed by atoms with Crippen LogP contribution >= 0.6 is 22.9 Å². The Hall–Kier alpha value is -0.100. The summed E-state index contributed by atoms with van der Waals surface area (Å²) in [6.45, 7) is 2.21. The Labute approximate surface area is 105 Å². The first-order valence-electron chi connectivity index (χ1n) is 5.19. The number of alkyl halides is 1. The van der Waals surface area contributed by atoms with Crippen molar-refractivity contribution >= 4 is 33.0 Å². The molecule has 1 heterocycles. The lowest BCUT2D eigenvalue weighted by Crippen LogP contribution is -2.30. The normalized spacial score (nSPS) is 18.6. The molecule has 6 heteroatoms. The summed E-state index contributed by atoms with van der Waals surface area (Å²) in [6, 6.07) is 3.43. The molecule has 0 saturated heterocycles. The van der Waals surface area contributed by atoms with Crippen LogP contribution in [0.3, 0.4) is 0 Å². The second kappa shape index (κ2) is 4.64. The molecule has 1 unspecified atom stereocenters. The van der Waals surface area contributed by atoms with Gasteiger partial charge in [-0.2, -0.15) is 0 Å². The molecule has 1 aliphatic rings. The minimum absolute atomic E-state index is 0.0733. The number of halogens is 1. The van der Waals surface area contributed by atoms with E-state index in [9.17, 15) is 8.42 Å². The lowest BCUT2D eigenvalue weighted by Gasteiger charge is -2.08. The van der Waals surface area contributed by atoms with Crippen LogP contribution in [-0.4, -0.2) is 20.3 Å². The molecule has 1 N–H and O–H groups in total. The fraction of sp³-hybridized carbons (Fsp3) is 0.600. The molecule has 1 aromatic rings. The van der Waals surface area contributed by atoms with Crippen molar-refractivity contribution in [3.63, 3.8) is 0 Å². The summed E-state index contributed by atoms with van der Waals surface area (Å²) in [5, 5.41) is -0.0733. The summed E-state index contributed by atoms with van der Waals surface area (Å²) < 4.78 is 26.6. The highest BCUT2D eigenvalue weighted by molar-refractivity contribution is 7.91. The Bertz CT molecular complexity index is 465. The van der Waals surface area contributed by atoms with E-state index in [1.54, 1.807) is 12.1 Å². The van der Waals surface area contributed by atoms with Crippen LogP contribution in [0.1, 0.15) is 17.7 Å². The highest BCUT2D eigenvalue weighted by atomic mass is 35.5. The Morgan fingerprint density at radius 2 is 2.25 bits per heavy atom. The van der Waals surface area contributed by atoms with Crippen molar-refractivity contribution in [2.24, 2.45) is 5.92 Å². The van der Waals surface area contributed by atoms with Crippen LogP contribution in [0.15, 0.2) is 16.3 Å². The van der Waals surface area contributed by atoms with Crippen LogP contribution in [0.4, 0.5) is 0 Å². The molecule has 1 saturated carbocycles. The number of nitrogens with one attached hydrogen (secondary N) is 1. The topological polar surface area (TPSA) is 46.2 Å². The highest BCUT2D eigenvalue weighted by Gasteiger charge is 2.30. The van der Waals surface area contributed by atoms with Gasteiger partial charge in [-0.15, -0.1) is 22.9 Å². The quantitative estimate of drug-likeness (QED) is 0.841. The summed E-state index contributed by atoms with van der Waals surface area (Å²) in [7, 11) is -3.36. The van der Waals surface area contributed by atoms with Crippen molar-refractivity contribution in [1.82, 2.24) is 4.72 Å². The van der Waals surface area contributed by atoms with Gasteiger partial charge in [-0.1, -0.05) is 0 Å². The van der Waals surface area contributed by atoms with Gasteiger partial charge in [-0.3, -0.25) is 0 Å². The zero-order chi connectivity index (χ0) is 11.8. The summed E-state index contributed by atoms with van der Waals surface area (Å²) in [6.07, 6.45) is 2.24. The summed E-state index contributed by atoms with van der Waals surface area (Å²) in [5.74, 6) is 0.495. The maximum atomic E-state index is 11.8. The molecule has 0 aliphatic heterocycles. The maximum Gasteiger partial charge on any atom is 0.250 e. The van der Waals surface area contributed by atoms with Crippen molar-refractivity contribution < 1.29 is 8.42 Å². The molecule has 16 heavy (non-hydrogen) atoms. The van der Waals surface area contributed by atoms with E-state index in [1.807, 2.05) is 6.92 Å². The molecule has 0 spiro atoms. The third-order valence-electron chi connectivity index (χ3n) is 2.58. The first-order chi connectivity index (χ1) is 7.49. The number of thiophene rings is 1. The monoisotopic (exact) mass is 279 g/mol. The third-order valence-corrected chi connectivity index (χ3v) is 6.01. The van der Waals surface area contributed by atoms with Gasteiger partial charge in [0.1, 0.15) is 4.21 Å². The van der Waals surface area contributed by atoms with E-state index < -0.39 is 10.0 Å². The Morgan fingerprint density at radius 3 is 2.75 bits per heavy atom. The van der Waals surface area contributed by atoms with E-state index in [1.165, 1.54) is 11.3 Å². The maximum absolute atomic E-state index is 11.8. The molecule has 3 nitrogen and oxygen atoms in total. The van der Waals surface area contributed by atoms with Gasteiger partial charge in [-0.05, 0) is 37.8 Å². The van der Waals surface area contributed by atoms with E-state index in [4.69, 9.17) is 11.6 Å². The van der Waals surface area contributed by atoms with Gasteiger partial charge in [0, 0.05) is 16.8 Å². The smallest absolute Gasteiger partial charge is 0.209 e. The molecular formula is C10H14ClNO2S2. The number of hydrogen-bond donors (Lipinski definition) is 1. The van der Waals surface area contributed by atoms with E-state index in [-0.39, 0.29) is 5.38 Å². The van der Waals surface area contributed by atoms with E-state index >= 15 is 0 Å². The minimum Gasteiger partial charge on any atom is -0.209 e. The van der Waals surface area contributed by atoms with Gasteiger partial charge in [0.15, 0.2) is 0 Å². The van der Waals surface area contributed by atoms with Crippen LogP contribution in [-0.2, 0) is 10.0 Å². The molecule has 0 radical (unpaired) electrons. The lowest BCUT2D eigenvalue weighted by atomic mass is 10.3. The van der Waals surface area contributed by atoms with Gasteiger partial charge in [-0.25, -0.2) is 13.1 Å². The van der Waals surface area contributed by atoms with Gasteiger partial charge in [0.25, 0.3) is 0 Å². The molecule has 1 aliphatic carbocycles. The predicted molar refractivity (Wildman–Crippen MR) is 66.6 cm³/mol. The number of aryl methyl sites for hydroxylation is 1. The average molecular weight is 280 g/mol. The number of hydrogen-bond acceptors (Lipinski definition) is 3. The van der Waals surface area contributed by atoms with Gasteiger partial charge >= 0.3 is 0 Å². The molecule has 0 bridgehead atoms. The lowest BCUT2D eigenvalue weighted by molar-refractivity contribution is 0.578. The van der Waals surface area contributed by atoms with Crippen LogP contribution in [0.25, 0.3) is 0 Å². The first-order valence-corrected chi connectivity index (χ1v) is 7.93. The molecular weight excluding hydrogens is 266 g/mol. The summed E-state index contributed by atoms with van der Waals surface area (Å²) >= 11 is 7.33. The molecule has 0 amide bonds. The molecule has 0 aromatic carbocycles. The van der Waals surface area contributed by atoms with Gasteiger partial charge in [0.2, 0.25) is 10.0 Å². The van der Waals surface area contributed by atoms with Crippen molar-refractivity contribution in [1.29, 1.82) is 0 Å². The second-order valence-electron chi connectivity index (χ2n) is 4.07. The Kier molecular flexibility index (Phi) is 3.59. The van der Waals surface area contributed by atoms with Gasteiger partial charge in [0.05, 0.1) is 0 Å². The SMILES string of the molecule is Cc1ccc(S(=O)(=O)NCC(Cl)C2CC2)s1. The summed E-state index contributed by atoms with van der Waals surface area (Å²) in [5.41, 5.74) is 0. The van der Waals surface area contributed by atoms with Crippen LogP contribution in [0.2, 0.25) is 0 Å². The fourth-order valence-electron chi connectivity index (χ4n) is 1.44. The molecule has 1 aromatic heterocycles. The zero-order valence-electron chi connectivity index (χ0n) is 8.94. The number of rotatable bonds is 5. The Balaban J connectivity index is 1.97. The van der Waals surface area contributed by atoms with Crippen LogP contribution < -0.4 is 4.72 Å². The Morgan fingerprint density at radius 1 is 1.56 bits per heavy atom. The number of sulfonamides is 1.